The van der Waals surface area contributed by atoms with E-state index in [9.17, 15) is 0 Å². The highest BCUT2D eigenvalue weighted by atomic mass is 16.5. The maximum Gasteiger partial charge on any atom is 0.192 e. The Kier molecular flexibility index (Phi) is 7.02. The van der Waals surface area contributed by atoms with E-state index in [1.807, 2.05) is 18.5 Å². The van der Waals surface area contributed by atoms with Crippen LogP contribution >= 0.6 is 0 Å². The van der Waals surface area contributed by atoms with Gasteiger partial charge in [-0.1, -0.05) is 19.0 Å². The quantitative estimate of drug-likeness (QED) is 0.523. The zero-order chi connectivity index (χ0) is 19.9. The number of aromatic nitrogens is 4. The van der Waals surface area contributed by atoms with E-state index in [1.165, 1.54) is 0 Å². The SMILES string of the molecule is CCc1noc(CC)c1CN=C(NCc1nnc(C)n1C)NCC1CCCO1. The number of guanidine groups is 1. The Hall–Kier alpha value is -2.42. The van der Waals surface area contributed by atoms with Gasteiger partial charge in [0.1, 0.15) is 11.6 Å². The van der Waals surface area contributed by atoms with Crippen molar-refractivity contribution < 1.29 is 9.26 Å². The largest absolute Gasteiger partial charge is 0.376 e. The number of aryl methyl sites for hydroxylation is 3. The molecule has 0 spiro atoms. The van der Waals surface area contributed by atoms with Gasteiger partial charge >= 0.3 is 0 Å². The molecule has 3 heterocycles. The molecular weight excluding hydrogens is 358 g/mol. The fourth-order valence-corrected chi connectivity index (χ4v) is 3.23. The van der Waals surface area contributed by atoms with Crippen LogP contribution in [0.1, 0.15) is 55.4 Å². The third-order valence-electron chi connectivity index (χ3n) is 5.12. The number of rotatable bonds is 8. The second kappa shape index (κ2) is 9.68. The first-order chi connectivity index (χ1) is 13.6. The molecule has 28 heavy (non-hydrogen) atoms. The fourth-order valence-electron chi connectivity index (χ4n) is 3.23. The molecule has 0 bridgehead atoms. The molecular formula is C19H31N7O2. The second-order valence-corrected chi connectivity index (χ2v) is 6.99. The average Bonchev–Trinajstić information content (AvgIpc) is 3.43. The highest BCUT2D eigenvalue weighted by Crippen LogP contribution is 2.17. The predicted molar refractivity (Wildman–Crippen MR) is 106 cm³/mol. The lowest BCUT2D eigenvalue weighted by atomic mass is 10.1. The van der Waals surface area contributed by atoms with Gasteiger partial charge in [0.25, 0.3) is 0 Å². The Morgan fingerprint density at radius 3 is 2.75 bits per heavy atom. The van der Waals surface area contributed by atoms with Gasteiger partial charge in [-0.25, -0.2) is 4.99 Å². The van der Waals surface area contributed by atoms with Gasteiger partial charge in [0.2, 0.25) is 0 Å². The van der Waals surface area contributed by atoms with Gasteiger partial charge in [0.15, 0.2) is 11.8 Å². The van der Waals surface area contributed by atoms with Crippen LogP contribution in [0.5, 0.6) is 0 Å². The van der Waals surface area contributed by atoms with E-state index < -0.39 is 0 Å². The standard InChI is InChI=1S/C19H31N7O2/c1-5-16-15(17(6-2)28-25-16)11-21-19(20-10-14-8-7-9-27-14)22-12-18-24-23-13(3)26(18)4/h14H,5-12H2,1-4H3,(H2,20,21,22). The third-order valence-corrected chi connectivity index (χ3v) is 5.12. The summed E-state index contributed by atoms with van der Waals surface area (Å²) in [6, 6.07) is 0. The molecule has 2 N–H and O–H groups in total. The zero-order valence-electron chi connectivity index (χ0n) is 17.3. The van der Waals surface area contributed by atoms with E-state index in [4.69, 9.17) is 14.3 Å². The lowest BCUT2D eigenvalue weighted by molar-refractivity contribution is 0.113. The molecule has 0 aliphatic carbocycles. The van der Waals surface area contributed by atoms with Gasteiger partial charge in [-0.05, 0) is 26.2 Å². The molecule has 1 saturated heterocycles. The number of hydrogen-bond acceptors (Lipinski definition) is 6. The van der Waals surface area contributed by atoms with Crippen LogP contribution in [0.25, 0.3) is 0 Å². The zero-order valence-corrected chi connectivity index (χ0v) is 17.3. The molecule has 9 nitrogen and oxygen atoms in total. The summed E-state index contributed by atoms with van der Waals surface area (Å²) in [5.41, 5.74) is 2.06. The van der Waals surface area contributed by atoms with Gasteiger partial charge < -0.3 is 24.5 Å². The minimum Gasteiger partial charge on any atom is -0.376 e. The summed E-state index contributed by atoms with van der Waals surface area (Å²) >= 11 is 0. The van der Waals surface area contributed by atoms with E-state index in [0.717, 1.165) is 73.5 Å². The van der Waals surface area contributed by atoms with E-state index >= 15 is 0 Å². The van der Waals surface area contributed by atoms with Gasteiger partial charge in [0, 0.05) is 32.2 Å². The molecule has 0 aromatic carbocycles. The highest BCUT2D eigenvalue weighted by Gasteiger charge is 2.17. The number of aliphatic imine (C=N–C) groups is 1. The van der Waals surface area contributed by atoms with Crippen LogP contribution < -0.4 is 10.6 Å². The first-order valence-electron chi connectivity index (χ1n) is 10.1. The number of nitrogens with zero attached hydrogens (tertiary/aromatic N) is 5. The lowest BCUT2D eigenvalue weighted by Gasteiger charge is -2.15. The predicted octanol–water partition coefficient (Wildman–Crippen LogP) is 1.65. The molecule has 154 valence electrons. The second-order valence-electron chi connectivity index (χ2n) is 6.99. The molecule has 9 heteroatoms. The van der Waals surface area contributed by atoms with Crippen molar-refractivity contribution in [1.82, 2.24) is 30.6 Å². The van der Waals surface area contributed by atoms with Crippen LogP contribution in [-0.2, 0) is 37.7 Å². The van der Waals surface area contributed by atoms with Crippen molar-refractivity contribution >= 4 is 5.96 Å². The van der Waals surface area contributed by atoms with Crippen molar-refractivity contribution in [1.29, 1.82) is 0 Å². The topological polar surface area (TPSA) is 102 Å². The van der Waals surface area contributed by atoms with Crippen LogP contribution in [0.2, 0.25) is 0 Å². The highest BCUT2D eigenvalue weighted by molar-refractivity contribution is 5.79. The molecule has 1 unspecified atom stereocenters. The normalized spacial score (nSPS) is 17.3. The van der Waals surface area contributed by atoms with Crippen molar-refractivity contribution in [2.75, 3.05) is 13.2 Å². The summed E-state index contributed by atoms with van der Waals surface area (Å²) in [5, 5.41) is 19.2. The third kappa shape index (κ3) is 4.89. The molecule has 2 aromatic rings. The van der Waals surface area contributed by atoms with Crippen LogP contribution in [0.15, 0.2) is 9.52 Å². The van der Waals surface area contributed by atoms with Crippen molar-refractivity contribution in [3.8, 4) is 0 Å². The Morgan fingerprint density at radius 1 is 1.25 bits per heavy atom. The minimum atomic E-state index is 0.233. The molecule has 3 rings (SSSR count). The van der Waals surface area contributed by atoms with Gasteiger partial charge in [-0.3, -0.25) is 0 Å². The molecule has 0 radical (unpaired) electrons. The van der Waals surface area contributed by atoms with Gasteiger partial charge in [0.05, 0.1) is 24.9 Å². The summed E-state index contributed by atoms with van der Waals surface area (Å²) in [4.78, 5) is 4.78. The summed E-state index contributed by atoms with van der Waals surface area (Å²) in [6.07, 6.45) is 4.07. The van der Waals surface area contributed by atoms with Crippen molar-refractivity contribution in [2.24, 2.45) is 12.0 Å². The van der Waals surface area contributed by atoms with E-state index in [0.29, 0.717) is 13.1 Å². The first-order valence-corrected chi connectivity index (χ1v) is 10.1. The minimum absolute atomic E-state index is 0.233. The number of nitrogens with one attached hydrogen (secondary N) is 2. The Bertz CT molecular complexity index is 769. The molecule has 0 saturated carbocycles. The van der Waals surface area contributed by atoms with Crippen LogP contribution in [0.4, 0.5) is 0 Å². The number of hydrogen-bond donors (Lipinski definition) is 2. The van der Waals surface area contributed by atoms with Crippen LogP contribution in [0.3, 0.4) is 0 Å². The molecule has 1 fully saturated rings. The average molecular weight is 390 g/mol. The van der Waals surface area contributed by atoms with E-state index in [1.54, 1.807) is 0 Å². The van der Waals surface area contributed by atoms with Crippen molar-refractivity contribution in [3.63, 3.8) is 0 Å². The monoisotopic (exact) mass is 389 g/mol. The Morgan fingerprint density at radius 2 is 2.11 bits per heavy atom. The van der Waals surface area contributed by atoms with Crippen molar-refractivity contribution in [3.05, 3.63) is 28.7 Å². The van der Waals surface area contributed by atoms with E-state index in [-0.39, 0.29) is 6.10 Å². The molecule has 1 aliphatic rings. The van der Waals surface area contributed by atoms with Crippen LogP contribution in [0, 0.1) is 6.92 Å². The summed E-state index contributed by atoms with van der Waals surface area (Å²) in [5.74, 6) is 3.37. The van der Waals surface area contributed by atoms with Gasteiger partial charge in [-0.15, -0.1) is 10.2 Å². The smallest absolute Gasteiger partial charge is 0.192 e. The lowest BCUT2D eigenvalue weighted by Crippen LogP contribution is -2.41. The van der Waals surface area contributed by atoms with E-state index in [2.05, 4.69) is 39.8 Å². The van der Waals surface area contributed by atoms with Gasteiger partial charge in [-0.2, -0.15) is 0 Å². The number of ether oxygens (including phenoxy) is 1. The molecule has 1 atom stereocenters. The maximum absolute atomic E-state index is 5.72. The molecule has 2 aromatic heterocycles. The molecule has 1 aliphatic heterocycles. The first kappa shape index (κ1) is 20.3. The summed E-state index contributed by atoms with van der Waals surface area (Å²) in [7, 11) is 1.96. The fraction of sp³-hybridized carbons (Fsp3) is 0.684. The van der Waals surface area contributed by atoms with Crippen molar-refractivity contribution in [2.45, 2.75) is 65.6 Å². The van der Waals surface area contributed by atoms with Crippen LogP contribution in [-0.4, -0.2) is 45.1 Å². The maximum atomic E-state index is 5.72. The summed E-state index contributed by atoms with van der Waals surface area (Å²) in [6.45, 7) is 8.72. The Labute approximate surface area is 165 Å². The molecule has 0 amide bonds. The summed E-state index contributed by atoms with van der Waals surface area (Å²) < 4.78 is 13.1. The Balaban J connectivity index is 1.69.